The number of aromatic hydroxyl groups is 1. The standard InChI is InChI=1S/C7H17NO5.C7H6O3/c1-8-2-4(10)6(12)7(13)5(11)3-9;8-6-4-2-1-3-5(6)7(9)10/h4-13H,2-3H2,1H3;1-4,8H,(H,9,10)/t4-,5+,6+,7+;/m1./s1. The summed E-state index contributed by atoms with van der Waals surface area (Å²) in [5, 5.41) is 64.8. The van der Waals surface area contributed by atoms with Crippen LogP contribution in [0.15, 0.2) is 24.3 Å². The van der Waals surface area contributed by atoms with Gasteiger partial charge in [0.05, 0.1) is 12.7 Å². The highest BCUT2D eigenvalue weighted by Gasteiger charge is 2.29. The number of aliphatic hydroxyl groups is 5. The van der Waals surface area contributed by atoms with E-state index >= 15 is 0 Å². The molecule has 0 radical (unpaired) electrons. The van der Waals surface area contributed by atoms with E-state index in [0.717, 1.165) is 0 Å². The van der Waals surface area contributed by atoms with E-state index in [0.29, 0.717) is 0 Å². The van der Waals surface area contributed by atoms with Crippen LogP contribution in [-0.2, 0) is 0 Å². The molecule has 132 valence electrons. The Labute approximate surface area is 133 Å². The molecule has 9 nitrogen and oxygen atoms in total. The molecule has 0 aliphatic rings. The first-order valence-corrected chi connectivity index (χ1v) is 6.75. The van der Waals surface area contributed by atoms with Gasteiger partial charge in [0.2, 0.25) is 0 Å². The van der Waals surface area contributed by atoms with E-state index in [-0.39, 0.29) is 17.9 Å². The van der Waals surface area contributed by atoms with Crippen molar-refractivity contribution in [2.24, 2.45) is 0 Å². The second-order valence-corrected chi connectivity index (χ2v) is 4.68. The molecule has 0 heterocycles. The number of hydrogen-bond acceptors (Lipinski definition) is 8. The van der Waals surface area contributed by atoms with Gasteiger partial charge in [-0.15, -0.1) is 0 Å². The molecule has 0 unspecified atom stereocenters. The van der Waals surface area contributed by atoms with Gasteiger partial charge >= 0.3 is 5.97 Å². The van der Waals surface area contributed by atoms with Gasteiger partial charge in [-0.2, -0.15) is 0 Å². The largest absolute Gasteiger partial charge is 0.507 e. The molecule has 0 spiro atoms. The molecule has 8 N–H and O–H groups in total. The van der Waals surface area contributed by atoms with Crippen LogP contribution < -0.4 is 5.32 Å². The van der Waals surface area contributed by atoms with Crippen LogP contribution in [0.25, 0.3) is 0 Å². The Morgan fingerprint density at radius 1 is 1.09 bits per heavy atom. The summed E-state index contributed by atoms with van der Waals surface area (Å²) in [6.07, 6.45) is -5.65. The van der Waals surface area contributed by atoms with E-state index in [2.05, 4.69) is 5.32 Å². The third kappa shape index (κ3) is 7.37. The van der Waals surface area contributed by atoms with E-state index in [4.69, 9.17) is 30.6 Å². The summed E-state index contributed by atoms with van der Waals surface area (Å²) >= 11 is 0. The van der Waals surface area contributed by atoms with Crippen LogP contribution in [0.1, 0.15) is 10.4 Å². The molecule has 0 fully saturated rings. The smallest absolute Gasteiger partial charge is 0.339 e. The van der Waals surface area contributed by atoms with Gasteiger partial charge in [-0.1, -0.05) is 12.1 Å². The zero-order valence-electron chi connectivity index (χ0n) is 12.6. The summed E-state index contributed by atoms with van der Waals surface area (Å²) in [6.45, 7) is -0.569. The summed E-state index contributed by atoms with van der Waals surface area (Å²) in [7, 11) is 1.57. The van der Waals surface area contributed by atoms with Gasteiger partial charge in [-0.25, -0.2) is 4.79 Å². The Morgan fingerprint density at radius 3 is 2.00 bits per heavy atom. The first kappa shape index (κ1) is 21.2. The molecule has 0 bridgehead atoms. The molecule has 1 aromatic rings. The highest BCUT2D eigenvalue weighted by atomic mass is 16.4. The second-order valence-electron chi connectivity index (χ2n) is 4.68. The molecule has 23 heavy (non-hydrogen) atoms. The van der Waals surface area contributed by atoms with Gasteiger partial charge in [0.15, 0.2) is 0 Å². The number of hydrogen-bond donors (Lipinski definition) is 8. The highest BCUT2D eigenvalue weighted by Crippen LogP contribution is 2.14. The Balaban J connectivity index is 0.000000433. The minimum absolute atomic E-state index is 0.0671. The topological polar surface area (TPSA) is 171 Å². The minimum Gasteiger partial charge on any atom is -0.507 e. The number of nitrogens with one attached hydrogen (secondary N) is 1. The van der Waals surface area contributed by atoms with Crippen LogP contribution in [0.4, 0.5) is 0 Å². The number of benzene rings is 1. The van der Waals surface area contributed by atoms with Crippen molar-refractivity contribution < 1.29 is 40.5 Å². The maximum Gasteiger partial charge on any atom is 0.339 e. The predicted molar refractivity (Wildman–Crippen MR) is 80.1 cm³/mol. The van der Waals surface area contributed by atoms with Gasteiger partial charge < -0.3 is 41.1 Å². The predicted octanol–water partition coefficient (Wildman–Crippen LogP) is -2.27. The van der Waals surface area contributed by atoms with Crippen LogP contribution in [-0.4, -0.2) is 86.3 Å². The van der Waals surface area contributed by atoms with Crippen molar-refractivity contribution >= 4 is 5.97 Å². The molecule has 0 amide bonds. The normalized spacial score (nSPS) is 15.7. The number of carbonyl (C=O) groups is 1. The SMILES string of the molecule is CNC[C@@H](O)[C@H](O)[C@@H](O)[C@@H](O)CO.O=C(O)c1ccccc1O. The van der Waals surface area contributed by atoms with E-state index in [1.165, 1.54) is 12.1 Å². The van der Waals surface area contributed by atoms with Crippen LogP contribution in [0.2, 0.25) is 0 Å². The lowest BCUT2D eigenvalue weighted by Crippen LogP contribution is -2.48. The van der Waals surface area contributed by atoms with E-state index in [1.807, 2.05) is 0 Å². The van der Waals surface area contributed by atoms with Gasteiger partial charge in [-0.05, 0) is 19.2 Å². The van der Waals surface area contributed by atoms with E-state index < -0.39 is 37.0 Å². The summed E-state index contributed by atoms with van der Waals surface area (Å²) in [4.78, 5) is 10.3. The quantitative estimate of drug-likeness (QED) is 0.274. The fourth-order valence-electron chi connectivity index (χ4n) is 1.55. The fraction of sp³-hybridized carbons (Fsp3) is 0.500. The molecule has 9 heteroatoms. The van der Waals surface area contributed by atoms with E-state index in [9.17, 15) is 9.90 Å². The van der Waals surface area contributed by atoms with Crippen molar-refractivity contribution in [3.8, 4) is 5.75 Å². The third-order valence-electron chi connectivity index (χ3n) is 2.87. The number of carboxylic acids is 1. The van der Waals surface area contributed by atoms with Crippen molar-refractivity contribution in [2.75, 3.05) is 20.2 Å². The maximum atomic E-state index is 10.3. The summed E-state index contributed by atoms with van der Waals surface area (Å²) in [5.74, 6) is -1.31. The molecule has 0 saturated carbocycles. The number of aliphatic hydroxyl groups excluding tert-OH is 5. The number of para-hydroxylation sites is 1. The summed E-state index contributed by atoms with van der Waals surface area (Å²) < 4.78 is 0. The maximum absolute atomic E-state index is 10.3. The van der Waals surface area contributed by atoms with Crippen LogP contribution in [0.5, 0.6) is 5.75 Å². The second kappa shape index (κ2) is 10.9. The van der Waals surface area contributed by atoms with Crippen molar-refractivity contribution in [3.05, 3.63) is 29.8 Å². The van der Waals surface area contributed by atoms with E-state index in [1.54, 1.807) is 19.2 Å². The first-order valence-electron chi connectivity index (χ1n) is 6.75. The first-order chi connectivity index (χ1) is 10.8. The molecule has 0 aliphatic carbocycles. The Kier molecular flexibility index (Phi) is 10.1. The lowest BCUT2D eigenvalue weighted by atomic mass is 10.0. The number of aromatic carboxylic acids is 1. The molecule has 1 rings (SSSR count). The number of rotatable bonds is 7. The van der Waals surface area contributed by atoms with Crippen LogP contribution in [0, 0.1) is 0 Å². The molecular formula is C14H23NO8. The monoisotopic (exact) mass is 333 g/mol. The molecule has 4 atom stereocenters. The average Bonchev–Trinajstić information content (AvgIpc) is 2.53. The lowest BCUT2D eigenvalue weighted by molar-refractivity contribution is -0.113. The Hall–Kier alpha value is -1.75. The molecular weight excluding hydrogens is 310 g/mol. The average molecular weight is 333 g/mol. The minimum atomic E-state index is -1.55. The molecule has 0 aromatic heterocycles. The van der Waals surface area contributed by atoms with Gasteiger partial charge in [0.25, 0.3) is 0 Å². The number of carboxylic acid groups (broad SMARTS) is 1. The number of phenols is 1. The van der Waals surface area contributed by atoms with Crippen molar-refractivity contribution in [1.82, 2.24) is 5.32 Å². The zero-order chi connectivity index (χ0) is 18.0. The Bertz CT molecular complexity index is 470. The highest BCUT2D eigenvalue weighted by molar-refractivity contribution is 5.90. The molecule has 1 aromatic carbocycles. The lowest BCUT2D eigenvalue weighted by Gasteiger charge is -2.25. The van der Waals surface area contributed by atoms with Gasteiger partial charge in [-0.3, -0.25) is 0 Å². The van der Waals surface area contributed by atoms with Crippen molar-refractivity contribution in [2.45, 2.75) is 24.4 Å². The van der Waals surface area contributed by atoms with Crippen LogP contribution >= 0.6 is 0 Å². The third-order valence-corrected chi connectivity index (χ3v) is 2.87. The fourth-order valence-corrected chi connectivity index (χ4v) is 1.55. The number of likely N-dealkylation sites (N-methyl/N-ethyl adjacent to an activating group) is 1. The molecule has 0 aliphatic heterocycles. The van der Waals surface area contributed by atoms with Crippen molar-refractivity contribution in [1.29, 1.82) is 0 Å². The summed E-state index contributed by atoms with van der Waals surface area (Å²) in [5.41, 5.74) is -0.0671. The Morgan fingerprint density at radius 2 is 1.61 bits per heavy atom. The van der Waals surface area contributed by atoms with Gasteiger partial charge in [0, 0.05) is 6.54 Å². The van der Waals surface area contributed by atoms with Crippen molar-refractivity contribution in [3.63, 3.8) is 0 Å². The summed E-state index contributed by atoms with van der Waals surface area (Å²) in [6, 6.07) is 5.81. The zero-order valence-corrected chi connectivity index (χ0v) is 12.6. The van der Waals surface area contributed by atoms with Crippen LogP contribution in [0.3, 0.4) is 0 Å². The molecule has 0 saturated heterocycles. The van der Waals surface area contributed by atoms with Gasteiger partial charge in [0.1, 0.15) is 29.6 Å².